The summed E-state index contributed by atoms with van der Waals surface area (Å²) in [7, 11) is 0. The van der Waals surface area contributed by atoms with Gasteiger partial charge in [0.2, 0.25) is 0 Å². The minimum atomic E-state index is 0.467. The van der Waals surface area contributed by atoms with Gasteiger partial charge in [0, 0.05) is 11.4 Å². The van der Waals surface area contributed by atoms with Crippen molar-refractivity contribution < 1.29 is 0 Å². The maximum Gasteiger partial charge on any atom is 0.193 e. The molecule has 0 unspecified atom stereocenters. The van der Waals surface area contributed by atoms with E-state index >= 15 is 0 Å². The van der Waals surface area contributed by atoms with Crippen LogP contribution in [0.1, 0.15) is 6.92 Å². The number of hydrogen-bond donors (Lipinski definition) is 2. The van der Waals surface area contributed by atoms with Gasteiger partial charge in [-0.2, -0.15) is 0 Å². The highest BCUT2D eigenvalue weighted by Gasteiger charge is 2.00. The van der Waals surface area contributed by atoms with Crippen molar-refractivity contribution in [1.29, 1.82) is 0 Å². The van der Waals surface area contributed by atoms with Gasteiger partial charge in [0.25, 0.3) is 0 Å². The van der Waals surface area contributed by atoms with Crippen molar-refractivity contribution in [2.24, 2.45) is 10.7 Å². The van der Waals surface area contributed by atoms with E-state index in [9.17, 15) is 0 Å². The lowest BCUT2D eigenvalue weighted by Gasteiger charge is -2.08. The fourth-order valence-corrected chi connectivity index (χ4v) is 1.65. The Morgan fingerprint density at radius 3 is 2.86 bits per heavy atom. The van der Waals surface area contributed by atoms with Crippen LogP contribution in [0, 0.1) is 0 Å². The van der Waals surface area contributed by atoms with Crippen LogP contribution < -0.4 is 11.1 Å². The number of guanidine groups is 1. The summed E-state index contributed by atoms with van der Waals surface area (Å²) in [6, 6.07) is 8.02. The molecule has 0 fully saturated rings. The molecule has 76 valence electrons. The molecule has 0 saturated heterocycles. The molecule has 0 atom stereocenters. The zero-order valence-corrected chi connectivity index (χ0v) is 9.27. The molecule has 0 aromatic heterocycles. The molecule has 4 heteroatoms. The first kappa shape index (κ1) is 10.9. The predicted octanol–water partition coefficient (Wildman–Crippen LogP) is 2.16. The number of aliphatic imine (C=N–C) groups is 1. The molecule has 0 amide bonds. The Morgan fingerprint density at radius 1 is 1.50 bits per heavy atom. The Hall–Kier alpha value is -1.16. The summed E-state index contributed by atoms with van der Waals surface area (Å²) >= 11 is 1.68. The van der Waals surface area contributed by atoms with Gasteiger partial charge >= 0.3 is 0 Å². The SMILES string of the molecule is CCN=C(N)Nc1ccccc1SC. The van der Waals surface area contributed by atoms with E-state index in [1.54, 1.807) is 11.8 Å². The van der Waals surface area contributed by atoms with Crippen LogP contribution in [0.2, 0.25) is 0 Å². The van der Waals surface area contributed by atoms with Crippen LogP contribution >= 0.6 is 11.8 Å². The number of nitrogens with zero attached hydrogens (tertiary/aromatic N) is 1. The van der Waals surface area contributed by atoms with E-state index in [1.807, 2.05) is 37.4 Å². The molecule has 1 aromatic carbocycles. The van der Waals surface area contributed by atoms with Gasteiger partial charge in [-0.3, -0.25) is 4.99 Å². The van der Waals surface area contributed by atoms with E-state index in [0.29, 0.717) is 12.5 Å². The van der Waals surface area contributed by atoms with Crippen LogP contribution in [-0.2, 0) is 0 Å². The molecular weight excluding hydrogens is 194 g/mol. The summed E-state index contributed by atoms with van der Waals surface area (Å²) in [4.78, 5) is 5.24. The molecule has 3 N–H and O–H groups in total. The third kappa shape index (κ3) is 2.96. The summed E-state index contributed by atoms with van der Waals surface area (Å²) in [5, 5.41) is 3.07. The van der Waals surface area contributed by atoms with Crippen LogP contribution in [-0.4, -0.2) is 18.8 Å². The Balaban J connectivity index is 2.80. The Bertz CT molecular complexity index is 323. The van der Waals surface area contributed by atoms with E-state index in [-0.39, 0.29) is 0 Å². The second-order valence-electron chi connectivity index (χ2n) is 2.68. The van der Waals surface area contributed by atoms with Gasteiger partial charge in [0.1, 0.15) is 0 Å². The molecule has 0 heterocycles. The summed E-state index contributed by atoms with van der Waals surface area (Å²) in [5.74, 6) is 0.467. The molecular formula is C10H15N3S. The van der Waals surface area contributed by atoms with Gasteiger partial charge in [0.05, 0.1) is 5.69 Å². The molecule has 0 aliphatic rings. The van der Waals surface area contributed by atoms with E-state index in [2.05, 4.69) is 10.3 Å². The lowest BCUT2D eigenvalue weighted by molar-refractivity contribution is 1.12. The first-order valence-electron chi connectivity index (χ1n) is 4.48. The summed E-state index contributed by atoms with van der Waals surface area (Å²) in [6.45, 7) is 2.65. The highest BCUT2D eigenvalue weighted by Crippen LogP contribution is 2.24. The quantitative estimate of drug-likeness (QED) is 0.455. The maximum absolute atomic E-state index is 5.67. The molecule has 1 aromatic rings. The molecule has 0 aliphatic carbocycles. The number of thioether (sulfide) groups is 1. The summed E-state index contributed by atoms with van der Waals surface area (Å²) in [6.07, 6.45) is 2.04. The van der Waals surface area contributed by atoms with Gasteiger partial charge in [-0.15, -0.1) is 11.8 Å². The van der Waals surface area contributed by atoms with Crippen molar-refractivity contribution >= 4 is 23.4 Å². The third-order valence-electron chi connectivity index (χ3n) is 1.70. The lowest BCUT2D eigenvalue weighted by atomic mass is 10.3. The average Bonchev–Trinajstić information content (AvgIpc) is 2.19. The Morgan fingerprint density at radius 2 is 2.21 bits per heavy atom. The van der Waals surface area contributed by atoms with E-state index in [4.69, 9.17) is 5.73 Å². The monoisotopic (exact) mass is 209 g/mol. The summed E-state index contributed by atoms with van der Waals surface area (Å²) < 4.78 is 0. The molecule has 0 radical (unpaired) electrons. The smallest absolute Gasteiger partial charge is 0.193 e. The number of nitrogens with one attached hydrogen (secondary N) is 1. The Labute approximate surface area is 88.8 Å². The van der Waals surface area contributed by atoms with Gasteiger partial charge in [0.15, 0.2) is 5.96 Å². The lowest BCUT2D eigenvalue weighted by Crippen LogP contribution is -2.22. The average molecular weight is 209 g/mol. The number of nitrogens with two attached hydrogens (primary N) is 1. The molecule has 0 spiro atoms. The van der Waals surface area contributed by atoms with Gasteiger partial charge in [-0.1, -0.05) is 12.1 Å². The van der Waals surface area contributed by atoms with Crippen molar-refractivity contribution in [3.8, 4) is 0 Å². The van der Waals surface area contributed by atoms with Gasteiger partial charge in [-0.05, 0) is 25.3 Å². The summed E-state index contributed by atoms with van der Waals surface area (Å²) in [5.41, 5.74) is 6.68. The van der Waals surface area contributed by atoms with Crippen LogP contribution in [0.15, 0.2) is 34.2 Å². The standard InChI is InChI=1S/C10H15N3S/c1-3-12-10(11)13-8-6-4-5-7-9(8)14-2/h4-7H,3H2,1-2H3,(H3,11,12,13). The van der Waals surface area contributed by atoms with Crippen LogP contribution in [0.5, 0.6) is 0 Å². The van der Waals surface area contributed by atoms with Crippen LogP contribution in [0.3, 0.4) is 0 Å². The topological polar surface area (TPSA) is 50.4 Å². The van der Waals surface area contributed by atoms with Crippen LogP contribution in [0.4, 0.5) is 5.69 Å². The highest BCUT2D eigenvalue weighted by molar-refractivity contribution is 7.98. The number of anilines is 1. The second kappa shape index (κ2) is 5.54. The largest absolute Gasteiger partial charge is 0.370 e. The molecule has 0 saturated carbocycles. The van der Waals surface area contributed by atoms with Crippen molar-refractivity contribution in [2.75, 3.05) is 18.1 Å². The second-order valence-corrected chi connectivity index (χ2v) is 3.53. The van der Waals surface area contributed by atoms with Crippen molar-refractivity contribution in [2.45, 2.75) is 11.8 Å². The number of benzene rings is 1. The molecule has 1 rings (SSSR count). The van der Waals surface area contributed by atoms with Gasteiger partial charge < -0.3 is 11.1 Å². The first-order valence-corrected chi connectivity index (χ1v) is 5.70. The van der Waals surface area contributed by atoms with Crippen LogP contribution in [0.25, 0.3) is 0 Å². The first-order chi connectivity index (χ1) is 6.77. The Kier molecular flexibility index (Phi) is 4.32. The maximum atomic E-state index is 5.67. The van der Waals surface area contributed by atoms with Crippen molar-refractivity contribution in [3.05, 3.63) is 24.3 Å². The van der Waals surface area contributed by atoms with Gasteiger partial charge in [-0.25, -0.2) is 0 Å². The minimum Gasteiger partial charge on any atom is -0.370 e. The van der Waals surface area contributed by atoms with Crippen molar-refractivity contribution in [3.63, 3.8) is 0 Å². The van der Waals surface area contributed by atoms with E-state index < -0.39 is 0 Å². The highest BCUT2D eigenvalue weighted by atomic mass is 32.2. The zero-order valence-electron chi connectivity index (χ0n) is 8.45. The molecule has 3 nitrogen and oxygen atoms in total. The molecule has 0 aliphatic heterocycles. The third-order valence-corrected chi connectivity index (χ3v) is 2.49. The number of hydrogen-bond acceptors (Lipinski definition) is 2. The minimum absolute atomic E-state index is 0.467. The molecule has 14 heavy (non-hydrogen) atoms. The predicted molar refractivity (Wildman–Crippen MR) is 64.0 cm³/mol. The van der Waals surface area contributed by atoms with Crippen molar-refractivity contribution in [1.82, 2.24) is 0 Å². The van der Waals surface area contributed by atoms with E-state index in [0.717, 1.165) is 5.69 Å². The zero-order chi connectivity index (χ0) is 10.4. The molecule has 0 bridgehead atoms. The fraction of sp³-hybridized carbons (Fsp3) is 0.300. The van der Waals surface area contributed by atoms with E-state index in [1.165, 1.54) is 4.90 Å². The fourth-order valence-electron chi connectivity index (χ4n) is 1.10. The normalized spacial score (nSPS) is 11.4. The number of para-hydroxylation sites is 1. The number of rotatable bonds is 3.